The van der Waals surface area contributed by atoms with E-state index in [0.29, 0.717) is 0 Å². The molecule has 62 valence electrons. The highest BCUT2D eigenvalue weighted by Crippen LogP contribution is 2.02. The summed E-state index contributed by atoms with van der Waals surface area (Å²) in [6.07, 6.45) is 2.52. The van der Waals surface area contributed by atoms with Gasteiger partial charge in [-0.15, -0.1) is 0 Å². The molecule has 0 radical (unpaired) electrons. The van der Waals surface area contributed by atoms with Gasteiger partial charge in [-0.05, 0) is 12.2 Å². The molecular formula is C6H5N3O2S. The van der Waals surface area contributed by atoms with Crippen LogP contribution in [0, 0.1) is 0 Å². The van der Waals surface area contributed by atoms with E-state index in [-0.39, 0.29) is 11.8 Å². The minimum atomic E-state index is -0.421. The second kappa shape index (κ2) is 3.72. The fraction of sp³-hybridized carbons (Fsp3) is 0. The fourth-order valence-corrected chi connectivity index (χ4v) is 0.477. The first-order chi connectivity index (χ1) is 5.70. The SMILES string of the molecule is C=C(Oc1ncncn1)C(O)=S. The van der Waals surface area contributed by atoms with Crippen LogP contribution in [0.25, 0.3) is 0 Å². The molecule has 0 spiro atoms. The van der Waals surface area contributed by atoms with Crippen LogP contribution >= 0.6 is 12.2 Å². The van der Waals surface area contributed by atoms with Gasteiger partial charge in [0, 0.05) is 0 Å². The highest BCUT2D eigenvalue weighted by Gasteiger charge is 2.03. The molecular weight excluding hydrogens is 178 g/mol. The van der Waals surface area contributed by atoms with E-state index in [1.165, 1.54) is 12.7 Å². The molecule has 0 atom stereocenters. The highest BCUT2D eigenvalue weighted by molar-refractivity contribution is 7.80. The van der Waals surface area contributed by atoms with Crippen LogP contribution in [-0.2, 0) is 0 Å². The number of aliphatic hydroxyl groups excluding tert-OH is 1. The zero-order valence-corrected chi connectivity index (χ0v) is 6.78. The maximum Gasteiger partial charge on any atom is 0.325 e. The summed E-state index contributed by atoms with van der Waals surface area (Å²) in [4.78, 5) is 10.8. The van der Waals surface area contributed by atoms with E-state index in [1.54, 1.807) is 0 Å². The number of hydrogen-bond acceptors (Lipinski definition) is 5. The third-order valence-electron chi connectivity index (χ3n) is 0.923. The normalized spacial score (nSPS) is 9.00. The van der Waals surface area contributed by atoms with Gasteiger partial charge in [0.1, 0.15) is 12.7 Å². The van der Waals surface area contributed by atoms with Crippen LogP contribution in [-0.4, -0.2) is 25.1 Å². The maximum absolute atomic E-state index is 8.72. The molecule has 1 heterocycles. The van der Waals surface area contributed by atoms with E-state index in [0.717, 1.165) is 0 Å². The van der Waals surface area contributed by atoms with Gasteiger partial charge in [-0.2, -0.15) is 9.97 Å². The quantitative estimate of drug-likeness (QED) is 0.421. The average molecular weight is 183 g/mol. The molecule has 5 nitrogen and oxygen atoms in total. The fourth-order valence-electron chi connectivity index (χ4n) is 0.435. The standard InChI is InChI=1S/C6H5N3O2S/c1-4(5(10)12)11-6-8-2-7-3-9-6/h2-3H,1H2,(H,10,12). The van der Waals surface area contributed by atoms with Gasteiger partial charge in [0.15, 0.2) is 5.76 Å². The third kappa shape index (κ3) is 2.24. The minimum Gasteiger partial charge on any atom is -0.496 e. The number of aromatic nitrogens is 3. The van der Waals surface area contributed by atoms with E-state index < -0.39 is 5.05 Å². The molecule has 0 saturated carbocycles. The Hall–Kier alpha value is -1.56. The summed E-state index contributed by atoms with van der Waals surface area (Å²) in [5, 5.41) is 8.30. The van der Waals surface area contributed by atoms with Gasteiger partial charge in [0.05, 0.1) is 0 Å². The van der Waals surface area contributed by atoms with Gasteiger partial charge in [0.25, 0.3) is 0 Å². The van der Waals surface area contributed by atoms with Crippen LogP contribution in [0.15, 0.2) is 25.0 Å². The van der Waals surface area contributed by atoms with Gasteiger partial charge in [-0.1, -0.05) is 6.58 Å². The molecule has 1 N–H and O–H groups in total. The van der Waals surface area contributed by atoms with Crippen LogP contribution < -0.4 is 4.74 Å². The Bertz CT molecular complexity index is 301. The Kier molecular flexibility index (Phi) is 2.65. The van der Waals surface area contributed by atoms with Crippen molar-refractivity contribution in [1.82, 2.24) is 15.0 Å². The third-order valence-corrected chi connectivity index (χ3v) is 1.15. The first kappa shape index (κ1) is 8.54. The topological polar surface area (TPSA) is 68.1 Å². The molecule has 0 unspecified atom stereocenters. The lowest BCUT2D eigenvalue weighted by Gasteiger charge is -2.01. The molecule has 6 heteroatoms. The summed E-state index contributed by atoms with van der Waals surface area (Å²) in [7, 11) is 0. The van der Waals surface area contributed by atoms with E-state index in [2.05, 4.69) is 33.7 Å². The summed E-state index contributed by atoms with van der Waals surface area (Å²) < 4.78 is 4.83. The molecule has 0 saturated heterocycles. The van der Waals surface area contributed by atoms with Crippen molar-refractivity contribution in [2.24, 2.45) is 0 Å². The molecule has 0 fully saturated rings. The second-order valence-electron chi connectivity index (χ2n) is 1.75. The molecule has 0 aromatic carbocycles. The number of aliphatic hydroxyl groups is 1. The Morgan fingerprint density at radius 3 is 2.58 bits per heavy atom. The predicted molar refractivity (Wildman–Crippen MR) is 44.8 cm³/mol. The van der Waals surface area contributed by atoms with Crippen molar-refractivity contribution in [2.45, 2.75) is 0 Å². The van der Waals surface area contributed by atoms with E-state index in [1.807, 2.05) is 0 Å². The van der Waals surface area contributed by atoms with Gasteiger partial charge >= 0.3 is 6.01 Å². The first-order valence-corrected chi connectivity index (χ1v) is 3.33. The average Bonchev–Trinajstić information content (AvgIpc) is 2.06. The lowest BCUT2D eigenvalue weighted by Crippen LogP contribution is -2.05. The van der Waals surface area contributed by atoms with Gasteiger partial charge < -0.3 is 9.84 Å². The summed E-state index contributed by atoms with van der Waals surface area (Å²) in [5.74, 6) is -0.0591. The van der Waals surface area contributed by atoms with Crippen LogP contribution in [0.3, 0.4) is 0 Å². The van der Waals surface area contributed by atoms with Crippen molar-refractivity contribution in [3.63, 3.8) is 0 Å². The molecule has 0 bridgehead atoms. The van der Waals surface area contributed by atoms with Crippen molar-refractivity contribution in [3.05, 3.63) is 25.0 Å². The van der Waals surface area contributed by atoms with E-state index >= 15 is 0 Å². The van der Waals surface area contributed by atoms with Crippen molar-refractivity contribution < 1.29 is 9.84 Å². The first-order valence-electron chi connectivity index (χ1n) is 2.92. The number of ether oxygens (including phenoxy) is 1. The van der Waals surface area contributed by atoms with Crippen molar-refractivity contribution in [3.8, 4) is 6.01 Å². The zero-order chi connectivity index (χ0) is 8.97. The van der Waals surface area contributed by atoms with Crippen LogP contribution in [0.1, 0.15) is 0 Å². The minimum absolute atomic E-state index is 0.0476. The predicted octanol–water partition coefficient (Wildman–Crippen LogP) is 0.649. The van der Waals surface area contributed by atoms with Gasteiger partial charge in [0.2, 0.25) is 5.05 Å². The summed E-state index contributed by atoms with van der Waals surface area (Å²) >= 11 is 4.38. The molecule has 1 aromatic heterocycles. The Balaban J connectivity index is 2.65. The maximum atomic E-state index is 8.72. The molecule has 12 heavy (non-hydrogen) atoms. The number of hydrogen-bond donors (Lipinski definition) is 1. The molecule has 0 aliphatic rings. The van der Waals surface area contributed by atoms with Gasteiger partial charge in [-0.25, -0.2) is 4.98 Å². The molecule has 0 amide bonds. The van der Waals surface area contributed by atoms with Crippen molar-refractivity contribution >= 4 is 17.3 Å². The van der Waals surface area contributed by atoms with Crippen LogP contribution in [0.2, 0.25) is 0 Å². The number of thiocarbonyl (C=S) groups is 1. The smallest absolute Gasteiger partial charge is 0.325 e. The van der Waals surface area contributed by atoms with E-state index in [4.69, 9.17) is 9.84 Å². The second-order valence-corrected chi connectivity index (χ2v) is 2.14. The summed E-state index contributed by atoms with van der Waals surface area (Å²) in [5.41, 5.74) is 0. The van der Waals surface area contributed by atoms with Gasteiger partial charge in [-0.3, -0.25) is 0 Å². The Labute approximate surface area is 73.8 Å². The summed E-state index contributed by atoms with van der Waals surface area (Å²) in [6, 6.07) is 0.0476. The van der Waals surface area contributed by atoms with Crippen LogP contribution in [0.4, 0.5) is 0 Å². The summed E-state index contributed by atoms with van der Waals surface area (Å²) in [6.45, 7) is 3.34. The molecule has 0 aliphatic carbocycles. The lowest BCUT2D eigenvalue weighted by atomic mass is 10.6. The van der Waals surface area contributed by atoms with Crippen LogP contribution in [0.5, 0.6) is 6.01 Å². The largest absolute Gasteiger partial charge is 0.496 e. The monoisotopic (exact) mass is 183 g/mol. The van der Waals surface area contributed by atoms with E-state index in [9.17, 15) is 0 Å². The zero-order valence-electron chi connectivity index (χ0n) is 5.97. The molecule has 1 rings (SSSR count). The Morgan fingerprint density at radius 1 is 1.50 bits per heavy atom. The molecule has 1 aromatic rings. The highest BCUT2D eigenvalue weighted by atomic mass is 32.1. The Morgan fingerprint density at radius 2 is 2.08 bits per heavy atom. The van der Waals surface area contributed by atoms with Crippen molar-refractivity contribution in [2.75, 3.05) is 0 Å². The number of nitrogens with zero attached hydrogens (tertiary/aromatic N) is 3. The van der Waals surface area contributed by atoms with Crippen molar-refractivity contribution in [1.29, 1.82) is 0 Å². The number of rotatable bonds is 3. The molecule has 0 aliphatic heterocycles. The lowest BCUT2D eigenvalue weighted by molar-refractivity contribution is 0.395.